The largest absolute Gasteiger partial charge is 0.423 e. The number of amides is 1. The summed E-state index contributed by atoms with van der Waals surface area (Å²) >= 11 is 0. The molecule has 0 saturated carbocycles. The molecule has 1 N–H and O–H groups in total. The van der Waals surface area contributed by atoms with Crippen molar-refractivity contribution >= 4 is 11.6 Å². The SMILES string of the molecule is COCC(=O)Nc1cccc(-c2nnco2)c1. The summed E-state index contributed by atoms with van der Waals surface area (Å²) in [7, 11) is 1.47. The van der Waals surface area contributed by atoms with Crippen molar-refractivity contribution in [3.05, 3.63) is 30.7 Å². The summed E-state index contributed by atoms with van der Waals surface area (Å²) in [5.74, 6) is 0.197. The Labute approximate surface area is 97.6 Å². The molecule has 0 spiro atoms. The number of nitrogens with zero attached hydrogens (tertiary/aromatic N) is 2. The van der Waals surface area contributed by atoms with Crippen LogP contribution in [-0.2, 0) is 9.53 Å². The van der Waals surface area contributed by atoms with Gasteiger partial charge in [0.1, 0.15) is 6.61 Å². The first kappa shape index (κ1) is 11.3. The normalized spacial score (nSPS) is 10.2. The van der Waals surface area contributed by atoms with Crippen LogP contribution in [0.4, 0.5) is 5.69 Å². The molecule has 0 saturated heterocycles. The summed E-state index contributed by atoms with van der Waals surface area (Å²) < 4.78 is 9.79. The lowest BCUT2D eigenvalue weighted by Crippen LogP contribution is -2.16. The van der Waals surface area contributed by atoms with E-state index in [9.17, 15) is 4.79 Å². The summed E-state index contributed by atoms with van der Waals surface area (Å²) in [5.41, 5.74) is 1.40. The van der Waals surface area contributed by atoms with Crippen LogP contribution in [0.15, 0.2) is 35.1 Å². The highest BCUT2D eigenvalue weighted by molar-refractivity contribution is 5.92. The Morgan fingerprint density at radius 3 is 3.12 bits per heavy atom. The van der Waals surface area contributed by atoms with Crippen molar-refractivity contribution in [2.45, 2.75) is 0 Å². The second-order valence-corrected chi connectivity index (χ2v) is 3.31. The van der Waals surface area contributed by atoms with Crippen LogP contribution in [0, 0.1) is 0 Å². The Morgan fingerprint density at radius 1 is 1.53 bits per heavy atom. The summed E-state index contributed by atoms with van der Waals surface area (Å²) in [5, 5.41) is 10.1. The van der Waals surface area contributed by atoms with Gasteiger partial charge in [0, 0.05) is 18.4 Å². The second kappa shape index (κ2) is 5.22. The van der Waals surface area contributed by atoms with E-state index in [1.54, 1.807) is 18.2 Å². The highest BCUT2D eigenvalue weighted by Crippen LogP contribution is 2.20. The van der Waals surface area contributed by atoms with E-state index < -0.39 is 0 Å². The van der Waals surface area contributed by atoms with Crippen LogP contribution in [0.5, 0.6) is 0 Å². The fraction of sp³-hybridized carbons (Fsp3) is 0.182. The minimum atomic E-state index is -0.213. The minimum Gasteiger partial charge on any atom is -0.423 e. The van der Waals surface area contributed by atoms with Crippen LogP contribution in [0.25, 0.3) is 11.5 Å². The smallest absolute Gasteiger partial charge is 0.250 e. The Hall–Kier alpha value is -2.21. The number of hydrogen-bond donors (Lipinski definition) is 1. The van der Waals surface area contributed by atoms with Gasteiger partial charge in [-0.05, 0) is 18.2 Å². The Morgan fingerprint density at radius 2 is 2.41 bits per heavy atom. The molecular weight excluding hydrogens is 222 g/mol. The van der Waals surface area contributed by atoms with E-state index in [0.717, 1.165) is 5.56 Å². The number of carbonyl (C=O) groups is 1. The Balaban J connectivity index is 2.15. The molecular formula is C11H11N3O3. The van der Waals surface area contributed by atoms with Gasteiger partial charge in [0.25, 0.3) is 0 Å². The summed E-state index contributed by atoms with van der Waals surface area (Å²) in [6.45, 7) is 0.0186. The molecule has 0 bridgehead atoms. The number of methoxy groups -OCH3 is 1. The van der Waals surface area contributed by atoms with Crippen LogP contribution in [0.1, 0.15) is 0 Å². The molecule has 0 aliphatic rings. The van der Waals surface area contributed by atoms with Crippen LogP contribution in [0.3, 0.4) is 0 Å². The lowest BCUT2D eigenvalue weighted by atomic mass is 10.2. The predicted molar refractivity (Wildman–Crippen MR) is 60.2 cm³/mol. The third kappa shape index (κ3) is 2.88. The van der Waals surface area contributed by atoms with Crippen molar-refractivity contribution < 1.29 is 13.9 Å². The van der Waals surface area contributed by atoms with Gasteiger partial charge in [0.2, 0.25) is 18.2 Å². The Bertz CT molecular complexity index is 496. The zero-order valence-electron chi connectivity index (χ0n) is 9.21. The van der Waals surface area contributed by atoms with Gasteiger partial charge >= 0.3 is 0 Å². The number of aromatic nitrogens is 2. The first-order chi connectivity index (χ1) is 8.29. The average Bonchev–Trinajstić information content (AvgIpc) is 2.83. The third-order valence-electron chi connectivity index (χ3n) is 2.03. The predicted octanol–water partition coefficient (Wildman–Crippen LogP) is 1.32. The third-order valence-corrected chi connectivity index (χ3v) is 2.03. The quantitative estimate of drug-likeness (QED) is 0.861. The topological polar surface area (TPSA) is 77.2 Å². The van der Waals surface area contributed by atoms with Crippen molar-refractivity contribution in [2.24, 2.45) is 0 Å². The number of benzene rings is 1. The molecule has 1 amide bonds. The van der Waals surface area contributed by atoms with Crippen molar-refractivity contribution in [1.29, 1.82) is 0 Å². The number of ether oxygens (including phenoxy) is 1. The monoisotopic (exact) mass is 233 g/mol. The molecule has 17 heavy (non-hydrogen) atoms. The molecule has 0 radical (unpaired) electrons. The Kier molecular flexibility index (Phi) is 3.46. The maximum atomic E-state index is 11.3. The van der Waals surface area contributed by atoms with Crippen LogP contribution < -0.4 is 5.32 Å². The molecule has 0 fully saturated rings. The first-order valence-corrected chi connectivity index (χ1v) is 4.95. The molecule has 0 unspecified atom stereocenters. The fourth-order valence-electron chi connectivity index (χ4n) is 1.36. The summed E-state index contributed by atoms with van der Waals surface area (Å²) in [4.78, 5) is 11.3. The minimum absolute atomic E-state index is 0.0186. The molecule has 0 aliphatic heterocycles. The molecule has 1 heterocycles. The molecule has 6 nitrogen and oxygen atoms in total. The van der Waals surface area contributed by atoms with E-state index in [1.807, 2.05) is 6.07 Å². The summed E-state index contributed by atoms with van der Waals surface area (Å²) in [6.07, 6.45) is 1.26. The average molecular weight is 233 g/mol. The van der Waals surface area contributed by atoms with Gasteiger partial charge in [-0.25, -0.2) is 0 Å². The highest BCUT2D eigenvalue weighted by atomic mass is 16.5. The van der Waals surface area contributed by atoms with Gasteiger partial charge < -0.3 is 14.5 Å². The van der Waals surface area contributed by atoms with Crippen molar-refractivity contribution in [3.63, 3.8) is 0 Å². The van der Waals surface area contributed by atoms with E-state index >= 15 is 0 Å². The molecule has 2 aromatic rings. The lowest BCUT2D eigenvalue weighted by Gasteiger charge is -2.05. The molecule has 2 rings (SSSR count). The van der Waals surface area contributed by atoms with E-state index in [4.69, 9.17) is 9.15 Å². The fourth-order valence-corrected chi connectivity index (χ4v) is 1.36. The van der Waals surface area contributed by atoms with Gasteiger partial charge in [-0.2, -0.15) is 0 Å². The summed E-state index contributed by atoms with van der Waals surface area (Å²) in [6, 6.07) is 7.13. The zero-order valence-corrected chi connectivity index (χ0v) is 9.21. The van der Waals surface area contributed by atoms with E-state index in [1.165, 1.54) is 13.5 Å². The number of rotatable bonds is 4. The standard InChI is InChI=1S/C11H11N3O3/c1-16-6-10(15)13-9-4-2-3-8(5-9)11-14-12-7-17-11/h2-5,7H,6H2,1H3,(H,13,15). The van der Waals surface area contributed by atoms with Crippen LogP contribution in [-0.4, -0.2) is 29.8 Å². The van der Waals surface area contributed by atoms with Gasteiger partial charge in [0.05, 0.1) is 0 Å². The molecule has 1 aromatic heterocycles. The molecule has 6 heteroatoms. The lowest BCUT2D eigenvalue weighted by molar-refractivity contribution is -0.119. The van der Waals surface area contributed by atoms with Crippen molar-refractivity contribution in [3.8, 4) is 11.5 Å². The number of hydrogen-bond acceptors (Lipinski definition) is 5. The number of anilines is 1. The van der Waals surface area contributed by atoms with Gasteiger partial charge in [-0.3, -0.25) is 4.79 Å². The van der Waals surface area contributed by atoms with Crippen molar-refractivity contribution in [2.75, 3.05) is 19.0 Å². The van der Waals surface area contributed by atoms with Crippen LogP contribution >= 0.6 is 0 Å². The molecule has 88 valence electrons. The first-order valence-electron chi connectivity index (χ1n) is 4.95. The van der Waals surface area contributed by atoms with Crippen LogP contribution in [0.2, 0.25) is 0 Å². The van der Waals surface area contributed by atoms with E-state index in [-0.39, 0.29) is 12.5 Å². The molecule has 1 aromatic carbocycles. The molecule has 0 atom stereocenters. The van der Waals surface area contributed by atoms with Gasteiger partial charge in [-0.15, -0.1) is 10.2 Å². The highest BCUT2D eigenvalue weighted by Gasteiger charge is 2.06. The maximum Gasteiger partial charge on any atom is 0.250 e. The van der Waals surface area contributed by atoms with E-state index in [0.29, 0.717) is 11.6 Å². The number of nitrogens with one attached hydrogen (secondary N) is 1. The second-order valence-electron chi connectivity index (χ2n) is 3.31. The maximum absolute atomic E-state index is 11.3. The van der Waals surface area contributed by atoms with E-state index in [2.05, 4.69) is 15.5 Å². The molecule has 0 aliphatic carbocycles. The zero-order chi connectivity index (χ0) is 12.1. The van der Waals surface area contributed by atoms with Crippen molar-refractivity contribution in [1.82, 2.24) is 10.2 Å². The number of carbonyl (C=O) groups excluding carboxylic acids is 1. The van der Waals surface area contributed by atoms with Gasteiger partial charge in [0.15, 0.2) is 0 Å². The van der Waals surface area contributed by atoms with Gasteiger partial charge in [-0.1, -0.05) is 6.07 Å².